The van der Waals surface area contributed by atoms with Gasteiger partial charge >= 0.3 is 0 Å². The first-order valence-corrected chi connectivity index (χ1v) is 12.7. The first-order valence-electron chi connectivity index (χ1n) is 11.5. The summed E-state index contributed by atoms with van der Waals surface area (Å²) in [4.78, 5) is 28.4. The predicted molar refractivity (Wildman–Crippen MR) is 137 cm³/mol. The fourth-order valence-electron chi connectivity index (χ4n) is 3.62. The van der Waals surface area contributed by atoms with Crippen LogP contribution >= 0.6 is 11.8 Å². The summed E-state index contributed by atoms with van der Waals surface area (Å²) in [6.45, 7) is 2.93. The van der Waals surface area contributed by atoms with Crippen molar-refractivity contribution < 1.29 is 14.0 Å². The number of hydrogen-bond donors (Lipinski definition) is 1. The fraction of sp³-hybridized carbons (Fsp3) is 0.286. The number of carbonyl (C=O) groups excluding carboxylic acids is 2. The van der Waals surface area contributed by atoms with Crippen molar-refractivity contribution in [2.75, 3.05) is 12.3 Å². The van der Waals surface area contributed by atoms with E-state index in [0.717, 1.165) is 23.1 Å². The largest absolute Gasteiger partial charge is 0.354 e. The van der Waals surface area contributed by atoms with Crippen LogP contribution in [0.15, 0.2) is 84.9 Å². The molecule has 4 nitrogen and oxygen atoms in total. The van der Waals surface area contributed by atoms with Crippen LogP contribution in [0.3, 0.4) is 0 Å². The highest BCUT2D eigenvalue weighted by Crippen LogP contribution is 2.18. The van der Waals surface area contributed by atoms with Gasteiger partial charge in [-0.05, 0) is 35.2 Å². The first kappa shape index (κ1) is 25.5. The molecule has 0 aliphatic heterocycles. The average Bonchev–Trinajstić information content (AvgIpc) is 2.87. The summed E-state index contributed by atoms with van der Waals surface area (Å²) in [5, 5.41) is 2.99. The third-order valence-electron chi connectivity index (χ3n) is 5.42. The van der Waals surface area contributed by atoms with Gasteiger partial charge in [-0.25, -0.2) is 4.39 Å². The van der Waals surface area contributed by atoms with Crippen molar-refractivity contribution in [3.63, 3.8) is 0 Å². The highest BCUT2D eigenvalue weighted by atomic mass is 32.2. The van der Waals surface area contributed by atoms with Gasteiger partial charge in [-0.1, -0.05) is 79.7 Å². The van der Waals surface area contributed by atoms with Crippen molar-refractivity contribution >= 4 is 23.6 Å². The van der Waals surface area contributed by atoms with E-state index in [1.54, 1.807) is 17.0 Å². The molecule has 3 aromatic carbocycles. The first-order chi connectivity index (χ1) is 16.6. The van der Waals surface area contributed by atoms with Gasteiger partial charge in [-0.2, -0.15) is 0 Å². The fourth-order valence-corrected chi connectivity index (χ4v) is 4.49. The third kappa shape index (κ3) is 8.03. The molecule has 1 unspecified atom stereocenters. The second kappa shape index (κ2) is 13.6. The number of halogens is 1. The normalized spacial score (nSPS) is 11.6. The molecule has 6 heteroatoms. The maximum Gasteiger partial charge on any atom is 0.243 e. The number of rotatable bonds is 12. The number of benzene rings is 3. The Morgan fingerprint density at radius 3 is 2.12 bits per heavy atom. The molecule has 0 bridgehead atoms. The topological polar surface area (TPSA) is 49.4 Å². The van der Waals surface area contributed by atoms with E-state index in [0.29, 0.717) is 25.3 Å². The zero-order valence-electron chi connectivity index (χ0n) is 19.5. The summed E-state index contributed by atoms with van der Waals surface area (Å²) in [6, 6.07) is 25.2. The minimum absolute atomic E-state index is 0.0939. The van der Waals surface area contributed by atoms with Gasteiger partial charge in [0.05, 0.1) is 5.75 Å². The molecule has 3 aromatic rings. The van der Waals surface area contributed by atoms with E-state index in [9.17, 15) is 14.0 Å². The van der Waals surface area contributed by atoms with Gasteiger partial charge in [0.25, 0.3) is 0 Å². The predicted octanol–water partition coefficient (Wildman–Crippen LogP) is 5.23. The van der Waals surface area contributed by atoms with Crippen LogP contribution in [0.2, 0.25) is 0 Å². The van der Waals surface area contributed by atoms with Crippen molar-refractivity contribution in [3.8, 4) is 0 Å². The number of thioether (sulfide) groups is 1. The molecule has 178 valence electrons. The Kier molecular flexibility index (Phi) is 10.2. The van der Waals surface area contributed by atoms with Gasteiger partial charge in [-0.15, -0.1) is 11.8 Å². The SMILES string of the molecule is CCCNC(=O)C(Cc1ccccc1)N(Cc1ccccc1)C(=O)CSCc1ccc(F)cc1. The minimum atomic E-state index is -0.618. The lowest BCUT2D eigenvalue weighted by molar-refractivity contribution is -0.139. The second-order valence-electron chi connectivity index (χ2n) is 8.12. The molecule has 1 N–H and O–H groups in total. The van der Waals surface area contributed by atoms with Crippen LogP contribution in [0.25, 0.3) is 0 Å². The number of amides is 2. The zero-order chi connectivity index (χ0) is 24.2. The number of nitrogens with one attached hydrogen (secondary N) is 1. The maximum atomic E-state index is 13.5. The van der Waals surface area contributed by atoms with Gasteiger partial charge in [0.2, 0.25) is 11.8 Å². The van der Waals surface area contributed by atoms with Crippen molar-refractivity contribution in [2.45, 2.75) is 38.1 Å². The monoisotopic (exact) mass is 478 g/mol. The van der Waals surface area contributed by atoms with E-state index in [1.165, 1.54) is 23.9 Å². The van der Waals surface area contributed by atoms with Gasteiger partial charge in [0, 0.05) is 25.3 Å². The minimum Gasteiger partial charge on any atom is -0.354 e. The van der Waals surface area contributed by atoms with Crippen LogP contribution < -0.4 is 5.32 Å². The van der Waals surface area contributed by atoms with Crippen molar-refractivity contribution in [3.05, 3.63) is 107 Å². The van der Waals surface area contributed by atoms with Crippen LogP contribution in [0, 0.1) is 5.82 Å². The van der Waals surface area contributed by atoms with Crippen LogP contribution in [0.4, 0.5) is 4.39 Å². The van der Waals surface area contributed by atoms with Crippen LogP contribution in [0.5, 0.6) is 0 Å². The summed E-state index contributed by atoms with van der Waals surface area (Å²) >= 11 is 1.47. The molecule has 0 aromatic heterocycles. The molecular weight excluding hydrogens is 447 g/mol. The standard InChI is InChI=1S/C28H31FN2O2S/c1-2-17-30-28(33)26(18-22-9-5-3-6-10-22)31(19-23-11-7-4-8-12-23)27(32)21-34-20-24-13-15-25(29)16-14-24/h3-16,26H,2,17-21H2,1H3,(H,30,33). The second-order valence-corrected chi connectivity index (χ2v) is 9.11. The Morgan fingerprint density at radius 1 is 0.882 bits per heavy atom. The van der Waals surface area contributed by atoms with Crippen LogP contribution in [-0.2, 0) is 28.3 Å². The number of hydrogen-bond acceptors (Lipinski definition) is 3. The summed E-state index contributed by atoms with van der Waals surface area (Å²) < 4.78 is 13.2. The Morgan fingerprint density at radius 2 is 1.50 bits per heavy atom. The molecular formula is C28H31FN2O2S. The lowest BCUT2D eigenvalue weighted by atomic mass is 10.0. The van der Waals surface area contributed by atoms with E-state index in [2.05, 4.69) is 5.32 Å². The highest BCUT2D eigenvalue weighted by Gasteiger charge is 2.30. The highest BCUT2D eigenvalue weighted by molar-refractivity contribution is 7.99. The summed E-state index contributed by atoms with van der Waals surface area (Å²) in [6.07, 6.45) is 1.27. The van der Waals surface area contributed by atoms with Crippen LogP contribution in [0.1, 0.15) is 30.0 Å². The van der Waals surface area contributed by atoms with Crippen molar-refractivity contribution in [2.24, 2.45) is 0 Å². The molecule has 0 aliphatic rings. The number of carbonyl (C=O) groups is 2. The molecule has 0 aliphatic carbocycles. The van der Waals surface area contributed by atoms with Crippen molar-refractivity contribution in [1.82, 2.24) is 10.2 Å². The quantitative estimate of drug-likeness (QED) is 0.388. The lowest BCUT2D eigenvalue weighted by Gasteiger charge is -2.31. The molecule has 0 saturated heterocycles. The zero-order valence-corrected chi connectivity index (χ0v) is 20.3. The lowest BCUT2D eigenvalue weighted by Crippen LogP contribution is -2.51. The van der Waals surface area contributed by atoms with Crippen LogP contribution in [-0.4, -0.2) is 35.1 Å². The van der Waals surface area contributed by atoms with Gasteiger partial charge < -0.3 is 10.2 Å². The van der Waals surface area contributed by atoms with E-state index in [1.807, 2.05) is 67.6 Å². The molecule has 0 saturated carbocycles. The third-order valence-corrected chi connectivity index (χ3v) is 6.41. The molecule has 0 spiro atoms. The molecule has 0 fully saturated rings. The van der Waals surface area contributed by atoms with Gasteiger partial charge in [0.1, 0.15) is 11.9 Å². The smallest absolute Gasteiger partial charge is 0.243 e. The van der Waals surface area contributed by atoms with E-state index < -0.39 is 6.04 Å². The number of nitrogens with zero attached hydrogens (tertiary/aromatic N) is 1. The van der Waals surface area contributed by atoms with E-state index in [4.69, 9.17) is 0 Å². The average molecular weight is 479 g/mol. The summed E-state index contributed by atoms with van der Waals surface area (Å²) in [7, 11) is 0. The summed E-state index contributed by atoms with van der Waals surface area (Å²) in [5.41, 5.74) is 2.93. The Labute approximate surface area is 205 Å². The van der Waals surface area contributed by atoms with E-state index >= 15 is 0 Å². The molecule has 0 radical (unpaired) electrons. The Hall–Kier alpha value is -3.12. The molecule has 0 heterocycles. The summed E-state index contributed by atoms with van der Waals surface area (Å²) in [5.74, 6) is 0.315. The van der Waals surface area contributed by atoms with E-state index in [-0.39, 0.29) is 23.4 Å². The maximum absolute atomic E-state index is 13.5. The molecule has 3 rings (SSSR count). The molecule has 34 heavy (non-hydrogen) atoms. The Bertz CT molecular complexity index is 1030. The molecule has 1 atom stereocenters. The Balaban J connectivity index is 1.79. The van der Waals surface area contributed by atoms with Crippen molar-refractivity contribution in [1.29, 1.82) is 0 Å². The molecule has 2 amide bonds. The van der Waals surface area contributed by atoms with Gasteiger partial charge in [-0.3, -0.25) is 9.59 Å². The van der Waals surface area contributed by atoms with Gasteiger partial charge in [0.15, 0.2) is 0 Å².